The third-order valence-corrected chi connectivity index (χ3v) is 5.56. The Kier molecular flexibility index (Phi) is 4.28. The van der Waals surface area contributed by atoms with Crippen molar-refractivity contribution in [2.45, 2.75) is 37.4 Å². The molecular weight excluding hydrogens is 339 g/mol. The molecule has 2 aromatic rings. The summed E-state index contributed by atoms with van der Waals surface area (Å²) in [4.78, 5) is 29.4. The van der Waals surface area contributed by atoms with Crippen LogP contribution in [-0.4, -0.2) is 52.3 Å². The number of benzene rings is 1. The van der Waals surface area contributed by atoms with Gasteiger partial charge in [0.25, 0.3) is 5.91 Å². The van der Waals surface area contributed by atoms with Gasteiger partial charge in [0.15, 0.2) is 5.43 Å². The lowest BCUT2D eigenvalue weighted by atomic mass is 9.82. The maximum absolute atomic E-state index is 14.0. The standard InChI is InChI=1S/C19H21FN2O4/c20-13-4-1-3-12-15(23)11-14(21-17(12)13)18(25)22-8-6-19(7-9-22)16(24)5-2-10-26-19/h1,3-4,11,16,24H,2,5-10H2,(H,21,23)/t16-/m1/s1. The van der Waals surface area contributed by atoms with E-state index in [1.807, 2.05) is 0 Å². The SMILES string of the molecule is O=C(c1cc(=O)c2cccc(F)c2[nH]1)N1CCC2(CC1)OCCC[C@H]2O. The first kappa shape index (κ1) is 17.2. The highest BCUT2D eigenvalue weighted by atomic mass is 19.1. The minimum atomic E-state index is -0.571. The Hall–Kier alpha value is -2.25. The van der Waals surface area contributed by atoms with Gasteiger partial charge in [0, 0.05) is 31.1 Å². The number of likely N-dealkylation sites (tertiary alicyclic amines) is 1. The molecule has 1 aromatic carbocycles. The number of halogens is 1. The molecule has 2 saturated heterocycles. The highest BCUT2D eigenvalue weighted by Crippen LogP contribution is 2.35. The van der Waals surface area contributed by atoms with E-state index < -0.39 is 17.5 Å². The van der Waals surface area contributed by atoms with Gasteiger partial charge >= 0.3 is 0 Å². The molecule has 0 bridgehead atoms. The predicted octanol–water partition coefficient (Wildman–Crippen LogP) is 1.81. The topological polar surface area (TPSA) is 82.6 Å². The van der Waals surface area contributed by atoms with Crippen molar-refractivity contribution in [3.63, 3.8) is 0 Å². The number of H-pyrrole nitrogens is 1. The number of carbonyl (C=O) groups is 1. The van der Waals surface area contributed by atoms with Crippen molar-refractivity contribution in [2.75, 3.05) is 19.7 Å². The fraction of sp³-hybridized carbons (Fsp3) is 0.474. The van der Waals surface area contributed by atoms with Gasteiger partial charge in [0.2, 0.25) is 0 Å². The number of carbonyl (C=O) groups excluding carboxylic acids is 1. The molecule has 0 unspecified atom stereocenters. The lowest BCUT2D eigenvalue weighted by Gasteiger charge is -2.46. The summed E-state index contributed by atoms with van der Waals surface area (Å²) in [6.07, 6.45) is 2.14. The van der Waals surface area contributed by atoms with Crippen molar-refractivity contribution >= 4 is 16.8 Å². The molecule has 0 saturated carbocycles. The van der Waals surface area contributed by atoms with Crippen molar-refractivity contribution in [1.82, 2.24) is 9.88 Å². The Labute approximate surface area is 149 Å². The number of hydrogen-bond donors (Lipinski definition) is 2. The number of aromatic amines is 1. The molecule has 0 radical (unpaired) electrons. The van der Waals surface area contributed by atoms with E-state index in [0.717, 1.165) is 6.42 Å². The van der Waals surface area contributed by atoms with Crippen LogP contribution in [0.1, 0.15) is 36.2 Å². The molecule has 3 heterocycles. The minimum absolute atomic E-state index is 0.0443. The zero-order valence-electron chi connectivity index (χ0n) is 14.3. The van der Waals surface area contributed by atoms with Crippen molar-refractivity contribution in [2.24, 2.45) is 0 Å². The number of aliphatic hydroxyl groups excluding tert-OH is 1. The number of piperidine rings is 1. The van der Waals surface area contributed by atoms with Gasteiger partial charge in [-0.3, -0.25) is 9.59 Å². The van der Waals surface area contributed by atoms with Crippen molar-refractivity contribution in [3.8, 4) is 0 Å². The zero-order chi connectivity index (χ0) is 18.3. The summed E-state index contributed by atoms with van der Waals surface area (Å²) >= 11 is 0. The lowest BCUT2D eigenvalue weighted by Crippen LogP contribution is -2.56. The maximum Gasteiger partial charge on any atom is 0.270 e. The Morgan fingerprint density at radius 3 is 2.85 bits per heavy atom. The van der Waals surface area contributed by atoms with Crippen LogP contribution >= 0.6 is 0 Å². The second-order valence-electron chi connectivity index (χ2n) is 7.07. The molecule has 7 heteroatoms. The van der Waals surface area contributed by atoms with E-state index in [4.69, 9.17) is 4.74 Å². The molecule has 1 aromatic heterocycles. The summed E-state index contributed by atoms with van der Waals surface area (Å²) in [7, 11) is 0. The van der Waals surface area contributed by atoms with E-state index in [9.17, 15) is 19.1 Å². The highest BCUT2D eigenvalue weighted by molar-refractivity contribution is 5.95. The monoisotopic (exact) mass is 360 g/mol. The Morgan fingerprint density at radius 2 is 2.12 bits per heavy atom. The number of pyridine rings is 1. The molecule has 2 aliphatic heterocycles. The summed E-state index contributed by atoms with van der Waals surface area (Å²) in [5.74, 6) is -0.905. The van der Waals surface area contributed by atoms with Crippen LogP contribution in [0.3, 0.4) is 0 Å². The van der Waals surface area contributed by atoms with Crippen LogP contribution < -0.4 is 5.43 Å². The molecule has 4 rings (SSSR count). The third kappa shape index (κ3) is 2.81. The fourth-order valence-electron chi connectivity index (χ4n) is 4.00. The average molecular weight is 360 g/mol. The van der Waals surface area contributed by atoms with Crippen molar-refractivity contribution in [3.05, 3.63) is 46.0 Å². The summed E-state index contributed by atoms with van der Waals surface area (Å²) in [5.41, 5.74) is -0.838. The molecule has 138 valence electrons. The van der Waals surface area contributed by atoms with E-state index in [2.05, 4.69) is 4.98 Å². The van der Waals surface area contributed by atoms with Gasteiger partial charge in [-0.05, 0) is 37.8 Å². The van der Waals surface area contributed by atoms with Crippen LogP contribution in [0.4, 0.5) is 4.39 Å². The smallest absolute Gasteiger partial charge is 0.270 e. The molecule has 2 aliphatic rings. The lowest BCUT2D eigenvalue weighted by molar-refractivity contribution is -0.174. The molecule has 26 heavy (non-hydrogen) atoms. The van der Waals surface area contributed by atoms with Gasteiger partial charge in [0.05, 0.1) is 17.2 Å². The maximum atomic E-state index is 14.0. The number of aromatic nitrogens is 1. The van der Waals surface area contributed by atoms with Gasteiger partial charge in [-0.1, -0.05) is 6.07 Å². The van der Waals surface area contributed by atoms with Gasteiger partial charge < -0.3 is 19.7 Å². The minimum Gasteiger partial charge on any atom is -0.390 e. The number of rotatable bonds is 1. The second kappa shape index (κ2) is 6.48. The van der Waals surface area contributed by atoms with E-state index in [1.54, 1.807) is 4.90 Å². The molecule has 1 spiro atoms. The summed E-state index contributed by atoms with van der Waals surface area (Å²) in [6, 6.07) is 5.46. The van der Waals surface area contributed by atoms with Crippen LogP contribution in [-0.2, 0) is 4.74 Å². The van der Waals surface area contributed by atoms with E-state index in [0.29, 0.717) is 39.0 Å². The second-order valence-corrected chi connectivity index (χ2v) is 7.07. The van der Waals surface area contributed by atoms with Crippen molar-refractivity contribution < 1.29 is 19.0 Å². The highest BCUT2D eigenvalue weighted by Gasteiger charge is 2.44. The first-order chi connectivity index (χ1) is 12.5. The quantitative estimate of drug-likeness (QED) is 0.813. The first-order valence-electron chi connectivity index (χ1n) is 8.93. The average Bonchev–Trinajstić information content (AvgIpc) is 2.65. The zero-order valence-corrected chi connectivity index (χ0v) is 14.3. The number of nitrogens with zero attached hydrogens (tertiary/aromatic N) is 1. The number of aliphatic hydroxyl groups is 1. The summed E-state index contributed by atoms with van der Waals surface area (Å²) in [5, 5.41) is 10.5. The van der Waals surface area contributed by atoms with Crippen LogP contribution in [0.2, 0.25) is 0 Å². The number of fused-ring (bicyclic) bond motifs is 1. The van der Waals surface area contributed by atoms with Gasteiger partial charge in [-0.2, -0.15) is 0 Å². The van der Waals surface area contributed by atoms with Crippen LogP contribution in [0.5, 0.6) is 0 Å². The van der Waals surface area contributed by atoms with Gasteiger partial charge in [0.1, 0.15) is 11.5 Å². The molecule has 0 aliphatic carbocycles. The molecule has 1 amide bonds. The fourth-order valence-corrected chi connectivity index (χ4v) is 4.00. The number of amides is 1. The van der Waals surface area contributed by atoms with Crippen molar-refractivity contribution in [1.29, 1.82) is 0 Å². The normalized spacial score (nSPS) is 22.7. The largest absolute Gasteiger partial charge is 0.390 e. The molecule has 6 nitrogen and oxygen atoms in total. The Morgan fingerprint density at radius 1 is 1.35 bits per heavy atom. The molecular formula is C19H21FN2O4. The van der Waals surface area contributed by atoms with E-state index in [1.165, 1.54) is 24.3 Å². The number of ether oxygens (including phenoxy) is 1. The van der Waals surface area contributed by atoms with E-state index in [-0.39, 0.29) is 27.9 Å². The van der Waals surface area contributed by atoms with Crippen LogP contribution in [0.15, 0.2) is 29.1 Å². The van der Waals surface area contributed by atoms with E-state index >= 15 is 0 Å². The molecule has 1 atom stereocenters. The summed E-state index contributed by atoms with van der Waals surface area (Å²) in [6.45, 7) is 1.47. The Bertz CT molecular complexity index is 902. The van der Waals surface area contributed by atoms with Gasteiger partial charge in [-0.15, -0.1) is 0 Å². The first-order valence-corrected chi connectivity index (χ1v) is 8.93. The number of nitrogens with one attached hydrogen (secondary N) is 1. The van der Waals surface area contributed by atoms with Crippen LogP contribution in [0, 0.1) is 5.82 Å². The Balaban J connectivity index is 1.57. The predicted molar refractivity (Wildman–Crippen MR) is 93.6 cm³/mol. The third-order valence-electron chi connectivity index (χ3n) is 5.56. The van der Waals surface area contributed by atoms with Gasteiger partial charge in [-0.25, -0.2) is 4.39 Å². The summed E-state index contributed by atoms with van der Waals surface area (Å²) < 4.78 is 19.8. The molecule has 2 fully saturated rings. The number of hydrogen-bond acceptors (Lipinski definition) is 4. The number of para-hydroxylation sites is 1. The molecule has 2 N–H and O–H groups in total. The van der Waals surface area contributed by atoms with Crippen LogP contribution in [0.25, 0.3) is 10.9 Å².